The Bertz CT molecular complexity index is 870. The summed E-state index contributed by atoms with van der Waals surface area (Å²) in [6.07, 6.45) is 8.23. The van der Waals surface area contributed by atoms with Gasteiger partial charge in [0.15, 0.2) is 0 Å². The van der Waals surface area contributed by atoms with Gasteiger partial charge in [-0.25, -0.2) is 0 Å². The standard InChI is InChI=1S/C19H22N4O.CH4/c1-19(24,14-3-7-20-8-4-14)13-23-17-5-9-21-11-15(17)16-12-22(2)10-6-18(16)23;/h3-5,7-9,11,24H,6,10,12-13H2,1-2H3;1H4. The molecule has 0 fully saturated rings. The van der Waals surface area contributed by atoms with Gasteiger partial charge in [0.05, 0.1) is 12.1 Å². The van der Waals surface area contributed by atoms with Crippen molar-refractivity contribution in [2.45, 2.75) is 39.5 Å². The number of likely N-dealkylation sites (N-methyl/N-ethyl adjacent to an activating group) is 1. The molecule has 1 N–H and O–H groups in total. The second kappa shape index (κ2) is 6.58. The molecule has 3 aromatic rings. The molecule has 5 nitrogen and oxygen atoms in total. The van der Waals surface area contributed by atoms with E-state index in [0.717, 1.165) is 30.6 Å². The van der Waals surface area contributed by atoms with Crippen molar-refractivity contribution in [2.24, 2.45) is 0 Å². The largest absolute Gasteiger partial charge is 0.384 e. The quantitative estimate of drug-likeness (QED) is 0.798. The Balaban J connectivity index is 0.00000182. The minimum Gasteiger partial charge on any atom is -0.384 e. The molecule has 4 heterocycles. The van der Waals surface area contributed by atoms with Crippen molar-refractivity contribution in [1.82, 2.24) is 19.4 Å². The van der Waals surface area contributed by atoms with Crippen molar-refractivity contribution < 1.29 is 5.11 Å². The highest BCUT2D eigenvalue weighted by Crippen LogP contribution is 2.33. The summed E-state index contributed by atoms with van der Waals surface area (Å²) in [4.78, 5) is 10.7. The van der Waals surface area contributed by atoms with Gasteiger partial charge >= 0.3 is 0 Å². The van der Waals surface area contributed by atoms with Gasteiger partial charge in [-0.1, -0.05) is 7.43 Å². The van der Waals surface area contributed by atoms with Crippen LogP contribution < -0.4 is 0 Å². The highest BCUT2D eigenvalue weighted by atomic mass is 16.3. The SMILES string of the molecule is C.CN1CCc2c(c3cnccc3n2CC(C)(O)c2ccncc2)C1. The molecule has 0 saturated heterocycles. The van der Waals surface area contributed by atoms with Crippen LogP contribution in [0, 0.1) is 0 Å². The second-order valence-electron chi connectivity index (χ2n) is 6.90. The summed E-state index contributed by atoms with van der Waals surface area (Å²) in [5.74, 6) is 0. The van der Waals surface area contributed by atoms with Crippen molar-refractivity contribution in [3.05, 3.63) is 59.8 Å². The van der Waals surface area contributed by atoms with Crippen LogP contribution in [0.1, 0.15) is 31.2 Å². The summed E-state index contributed by atoms with van der Waals surface area (Å²) in [5, 5.41) is 12.3. The fraction of sp³-hybridized carbons (Fsp3) is 0.400. The maximum atomic E-state index is 11.1. The number of rotatable bonds is 3. The molecule has 5 heteroatoms. The molecular weight excluding hydrogens is 312 g/mol. The van der Waals surface area contributed by atoms with Gasteiger partial charge in [-0.3, -0.25) is 9.97 Å². The lowest BCUT2D eigenvalue weighted by atomic mass is 9.96. The second-order valence-corrected chi connectivity index (χ2v) is 6.90. The van der Waals surface area contributed by atoms with Gasteiger partial charge in [-0.15, -0.1) is 0 Å². The molecule has 4 rings (SSSR count). The van der Waals surface area contributed by atoms with Crippen LogP contribution in [-0.4, -0.2) is 38.1 Å². The third-order valence-electron chi connectivity index (χ3n) is 5.01. The molecule has 1 unspecified atom stereocenters. The Labute approximate surface area is 149 Å². The van der Waals surface area contributed by atoms with E-state index in [9.17, 15) is 5.11 Å². The summed E-state index contributed by atoms with van der Waals surface area (Å²) in [6.45, 7) is 4.36. The normalized spacial score (nSPS) is 16.9. The summed E-state index contributed by atoms with van der Waals surface area (Å²) >= 11 is 0. The van der Waals surface area contributed by atoms with Gasteiger partial charge in [0, 0.05) is 55.4 Å². The number of pyridine rings is 2. The lowest BCUT2D eigenvalue weighted by molar-refractivity contribution is 0.0384. The molecule has 0 aromatic carbocycles. The Morgan fingerprint density at radius 1 is 1.16 bits per heavy atom. The van der Waals surface area contributed by atoms with Crippen molar-refractivity contribution in [1.29, 1.82) is 0 Å². The maximum Gasteiger partial charge on any atom is 0.105 e. The number of hydrogen-bond acceptors (Lipinski definition) is 4. The molecule has 1 aliphatic rings. The van der Waals surface area contributed by atoms with Gasteiger partial charge in [0.1, 0.15) is 5.60 Å². The van der Waals surface area contributed by atoms with Crippen molar-refractivity contribution in [2.75, 3.05) is 13.6 Å². The number of fused-ring (bicyclic) bond motifs is 3. The number of aliphatic hydroxyl groups is 1. The van der Waals surface area contributed by atoms with Crippen LogP contribution in [0.4, 0.5) is 0 Å². The van der Waals surface area contributed by atoms with E-state index < -0.39 is 5.60 Å². The summed E-state index contributed by atoms with van der Waals surface area (Å²) in [6, 6.07) is 5.82. The van der Waals surface area contributed by atoms with Gasteiger partial charge in [-0.2, -0.15) is 0 Å². The van der Waals surface area contributed by atoms with Crippen LogP contribution in [0.3, 0.4) is 0 Å². The third kappa shape index (κ3) is 3.05. The first-order chi connectivity index (χ1) is 11.6. The lowest BCUT2D eigenvalue weighted by Gasteiger charge is -2.28. The minimum atomic E-state index is -0.949. The fourth-order valence-electron chi connectivity index (χ4n) is 3.72. The van der Waals surface area contributed by atoms with E-state index in [2.05, 4.69) is 32.5 Å². The average molecular weight is 338 g/mol. The molecule has 25 heavy (non-hydrogen) atoms. The van der Waals surface area contributed by atoms with E-state index in [0.29, 0.717) is 6.54 Å². The molecule has 0 spiro atoms. The Hall–Kier alpha value is -2.24. The first-order valence-electron chi connectivity index (χ1n) is 8.31. The molecule has 0 aliphatic carbocycles. The zero-order valence-corrected chi connectivity index (χ0v) is 14.1. The third-order valence-corrected chi connectivity index (χ3v) is 5.01. The number of hydrogen-bond donors (Lipinski definition) is 1. The topological polar surface area (TPSA) is 54.2 Å². The molecule has 0 radical (unpaired) electrons. The predicted molar refractivity (Wildman–Crippen MR) is 100 cm³/mol. The van der Waals surface area contributed by atoms with E-state index in [1.54, 1.807) is 12.4 Å². The molecule has 0 amide bonds. The minimum absolute atomic E-state index is 0. The first-order valence-corrected chi connectivity index (χ1v) is 8.31. The van der Waals surface area contributed by atoms with Crippen LogP contribution in [-0.2, 0) is 25.1 Å². The van der Waals surface area contributed by atoms with E-state index in [1.165, 1.54) is 16.6 Å². The van der Waals surface area contributed by atoms with Crippen LogP contribution in [0.5, 0.6) is 0 Å². The van der Waals surface area contributed by atoms with Crippen molar-refractivity contribution in [3.8, 4) is 0 Å². The van der Waals surface area contributed by atoms with Gasteiger partial charge < -0.3 is 14.6 Å². The van der Waals surface area contributed by atoms with E-state index >= 15 is 0 Å². The van der Waals surface area contributed by atoms with Gasteiger partial charge in [-0.05, 0) is 43.3 Å². The highest BCUT2D eigenvalue weighted by molar-refractivity contribution is 5.85. The maximum absolute atomic E-state index is 11.1. The van der Waals surface area contributed by atoms with E-state index in [1.807, 2.05) is 31.5 Å². The Morgan fingerprint density at radius 3 is 2.64 bits per heavy atom. The van der Waals surface area contributed by atoms with Gasteiger partial charge in [0.2, 0.25) is 0 Å². The van der Waals surface area contributed by atoms with Crippen molar-refractivity contribution >= 4 is 10.9 Å². The fourth-order valence-corrected chi connectivity index (χ4v) is 3.72. The van der Waals surface area contributed by atoms with Crippen molar-refractivity contribution in [3.63, 3.8) is 0 Å². The zero-order chi connectivity index (χ0) is 16.7. The molecular formula is C20H26N4O. The summed E-state index contributed by atoms with van der Waals surface area (Å²) in [5.41, 5.74) is 3.76. The predicted octanol–water partition coefficient (Wildman–Crippen LogP) is 2.96. The average Bonchev–Trinajstić information content (AvgIpc) is 2.89. The first kappa shape index (κ1) is 17.6. The highest BCUT2D eigenvalue weighted by Gasteiger charge is 2.29. The van der Waals surface area contributed by atoms with E-state index in [-0.39, 0.29) is 7.43 Å². The van der Waals surface area contributed by atoms with Crippen LogP contribution in [0.15, 0.2) is 43.0 Å². The Kier molecular flexibility index (Phi) is 4.62. The van der Waals surface area contributed by atoms with Crippen LogP contribution >= 0.6 is 0 Å². The molecule has 1 aliphatic heterocycles. The Morgan fingerprint density at radius 2 is 1.88 bits per heavy atom. The van der Waals surface area contributed by atoms with Crippen LogP contribution in [0.2, 0.25) is 0 Å². The lowest BCUT2D eigenvalue weighted by Crippen LogP contribution is -2.31. The monoisotopic (exact) mass is 338 g/mol. The summed E-state index contributed by atoms with van der Waals surface area (Å²) < 4.78 is 2.28. The molecule has 0 bridgehead atoms. The molecule has 1 atom stereocenters. The number of nitrogens with zero attached hydrogens (tertiary/aromatic N) is 4. The molecule has 0 saturated carbocycles. The molecule has 3 aromatic heterocycles. The van der Waals surface area contributed by atoms with Gasteiger partial charge in [0.25, 0.3) is 0 Å². The number of aromatic nitrogens is 3. The smallest absolute Gasteiger partial charge is 0.105 e. The summed E-state index contributed by atoms with van der Waals surface area (Å²) in [7, 11) is 2.15. The van der Waals surface area contributed by atoms with E-state index in [4.69, 9.17) is 0 Å². The molecule has 132 valence electrons. The zero-order valence-electron chi connectivity index (χ0n) is 14.1. The van der Waals surface area contributed by atoms with Crippen LogP contribution in [0.25, 0.3) is 10.9 Å².